The van der Waals surface area contributed by atoms with Gasteiger partial charge >= 0.3 is 6.03 Å². The van der Waals surface area contributed by atoms with Crippen LogP contribution in [0.3, 0.4) is 0 Å². The zero-order chi connectivity index (χ0) is 18.6. The van der Waals surface area contributed by atoms with Crippen LogP contribution < -0.4 is 10.6 Å². The van der Waals surface area contributed by atoms with Crippen LogP contribution in [0.4, 0.5) is 4.79 Å². The molecular formula is C19H27N3O4. The second-order valence-electron chi connectivity index (χ2n) is 7.37. The first-order valence-electron chi connectivity index (χ1n) is 9.46. The van der Waals surface area contributed by atoms with Gasteiger partial charge in [-0.15, -0.1) is 0 Å². The molecule has 0 radical (unpaired) electrons. The van der Waals surface area contributed by atoms with Crippen molar-refractivity contribution < 1.29 is 18.8 Å². The third-order valence-electron chi connectivity index (χ3n) is 5.33. The quantitative estimate of drug-likeness (QED) is 0.729. The van der Waals surface area contributed by atoms with Crippen LogP contribution in [-0.2, 0) is 16.0 Å². The number of hydrogen-bond acceptors (Lipinski definition) is 4. The lowest BCUT2D eigenvalue weighted by Gasteiger charge is -2.30. The van der Waals surface area contributed by atoms with Gasteiger partial charge in [-0.05, 0) is 38.3 Å². The van der Waals surface area contributed by atoms with Gasteiger partial charge in [-0.2, -0.15) is 0 Å². The standard InChI is InChI=1S/C19H27N3O4/c1-14(7-8-15-6-5-13-26-15)20-16(23)9-12-22-17(24)19(21-18(22)25)10-3-2-4-11-19/h5-6,13-14H,2-4,7-12H2,1H3,(H,20,23)(H,21,25). The first-order chi connectivity index (χ1) is 12.5. The van der Waals surface area contributed by atoms with Crippen LogP contribution in [0.5, 0.6) is 0 Å². The molecule has 2 heterocycles. The third kappa shape index (κ3) is 4.08. The number of nitrogens with one attached hydrogen (secondary N) is 2. The molecule has 2 aliphatic rings. The molecule has 2 fully saturated rings. The van der Waals surface area contributed by atoms with E-state index in [1.165, 1.54) is 4.90 Å². The Morgan fingerprint density at radius 1 is 1.35 bits per heavy atom. The summed E-state index contributed by atoms with van der Waals surface area (Å²) in [7, 11) is 0. The molecule has 0 bridgehead atoms. The molecule has 1 aliphatic heterocycles. The SMILES string of the molecule is CC(CCc1ccco1)NC(=O)CCN1C(=O)NC2(CCCCC2)C1=O. The second kappa shape index (κ2) is 7.93. The van der Waals surface area contributed by atoms with E-state index in [0.717, 1.165) is 37.9 Å². The van der Waals surface area contributed by atoms with Gasteiger partial charge in [0, 0.05) is 25.4 Å². The van der Waals surface area contributed by atoms with Gasteiger partial charge in [-0.1, -0.05) is 19.3 Å². The van der Waals surface area contributed by atoms with Crippen LogP contribution in [0.25, 0.3) is 0 Å². The summed E-state index contributed by atoms with van der Waals surface area (Å²) in [5.41, 5.74) is -0.720. The van der Waals surface area contributed by atoms with E-state index in [0.29, 0.717) is 12.8 Å². The van der Waals surface area contributed by atoms with Crippen LogP contribution in [0.1, 0.15) is 57.6 Å². The van der Waals surface area contributed by atoms with Gasteiger partial charge in [0.2, 0.25) is 5.91 Å². The van der Waals surface area contributed by atoms with E-state index >= 15 is 0 Å². The Kier molecular flexibility index (Phi) is 5.64. The number of amides is 4. The Bertz CT molecular complexity index is 650. The van der Waals surface area contributed by atoms with Gasteiger partial charge in [0.05, 0.1) is 6.26 Å². The Morgan fingerprint density at radius 3 is 2.81 bits per heavy atom. The van der Waals surface area contributed by atoms with E-state index in [1.807, 2.05) is 19.1 Å². The van der Waals surface area contributed by atoms with Crippen molar-refractivity contribution in [3.63, 3.8) is 0 Å². The molecule has 7 heteroatoms. The summed E-state index contributed by atoms with van der Waals surface area (Å²) in [5, 5.41) is 5.78. The molecule has 2 N–H and O–H groups in total. The number of carbonyl (C=O) groups excluding carboxylic acids is 3. The molecule has 1 aliphatic carbocycles. The van der Waals surface area contributed by atoms with Crippen LogP contribution >= 0.6 is 0 Å². The van der Waals surface area contributed by atoms with Crippen molar-refractivity contribution in [3.05, 3.63) is 24.2 Å². The highest BCUT2D eigenvalue weighted by molar-refractivity contribution is 6.07. The molecule has 1 atom stereocenters. The molecule has 26 heavy (non-hydrogen) atoms. The summed E-state index contributed by atoms with van der Waals surface area (Å²) in [6.07, 6.45) is 7.68. The van der Waals surface area contributed by atoms with Gasteiger partial charge in [0.25, 0.3) is 5.91 Å². The fraction of sp³-hybridized carbons (Fsp3) is 0.632. The Labute approximate surface area is 153 Å². The Hall–Kier alpha value is -2.31. The minimum Gasteiger partial charge on any atom is -0.469 e. The number of nitrogens with zero attached hydrogens (tertiary/aromatic N) is 1. The van der Waals surface area contributed by atoms with E-state index in [-0.39, 0.29) is 36.9 Å². The van der Waals surface area contributed by atoms with Crippen molar-refractivity contribution in [3.8, 4) is 0 Å². The summed E-state index contributed by atoms with van der Waals surface area (Å²) in [5.74, 6) is 0.575. The largest absolute Gasteiger partial charge is 0.469 e. The third-order valence-corrected chi connectivity index (χ3v) is 5.33. The number of urea groups is 1. The van der Waals surface area contributed by atoms with E-state index in [9.17, 15) is 14.4 Å². The fourth-order valence-corrected chi connectivity index (χ4v) is 3.82. The molecule has 3 rings (SSSR count). The molecule has 1 saturated carbocycles. The molecule has 142 valence electrons. The molecule has 1 unspecified atom stereocenters. The van der Waals surface area contributed by atoms with Crippen LogP contribution in [0, 0.1) is 0 Å². The number of carbonyl (C=O) groups is 3. The zero-order valence-electron chi connectivity index (χ0n) is 15.3. The van der Waals surface area contributed by atoms with Crippen LogP contribution in [0.2, 0.25) is 0 Å². The summed E-state index contributed by atoms with van der Waals surface area (Å²) >= 11 is 0. The summed E-state index contributed by atoms with van der Waals surface area (Å²) in [4.78, 5) is 38.2. The first-order valence-corrected chi connectivity index (χ1v) is 9.46. The van der Waals surface area contributed by atoms with E-state index in [1.54, 1.807) is 6.26 Å². The van der Waals surface area contributed by atoms with E-state index in [2.05, 4.69) is 10.6 Å². The van der Waals surface area contributed by atoms with Crippen molar-refractivity contribution in [2.45, 2.75) is 69.9 Å². The topological polar surface area (TPSA) is 91.7 Å². The number of aryl methyl sites for hydroxylation is 1. The summed E-state index contributed by atoms with van der Waals surface area (Å²) in [6.45, 7) is 2.06. The van der Waals surface area contributed by atoms with E-state index in [4.69, 9.17) is 4.42 Å². The maximum atomic E-state index is 12.7. The summed E-state index contributed by atoms with van der Waals surface area (Å²) < 4.78 is 5.28. The maximum Gasteiger partial charge on any atom is 0.325 e. The van der Waals surface area contributed by atoms with Crippen LogP contribution in [-0.4, -0.2) is 40.9 Å². The van der Waals surface area contributed by atoms with Gasteiger partial charge < -0.3 is 15.1 Å². The lowest BCUT2D eigenvalue weighted by Crippen LogP contribution is -2.48. The monoisotopic (exact) mass is 361 g/mol. The molecule has 7 nitrogen and oxygen atoms in total. The highest BCUT2D eigenvalue weighted by Crippen LogP contribution is 2.33. The zero-order valence-corrected chi connectivity index (χ0v) is 15.3. The number of furan rings is 1. The van der Waals surface area contributed by atoms with Crippen molar-refractivity contribution in [2.24, 2.45) is 0 Å². The predicted molar refractivity (Wildman–Crippen MR) is 95.3 cm³/mol. The Morgan fingerprint density at radius 2 is 2.12 bits per heavy atom. The molecule has 1 aromatic rings. The smallest absolute Gasteiger partial charge is 0.325 e. The molecule has 1 saturated heterocycles. The number of rotatable bonds is 7. The Balaban J connectivity index is 1.43. The maximum absolute atomic E-state index is 12.7. The molecule has 4 amide bonds. The highest BCUT2D eigenvalue weighted by atomic mass is 16.3. The lowest BCUT2D eigenvalue weighted by atomic mass is 9.82. The minimum atomic E-state index is -0.720. The first kappa shape index (κ1) is 18.5. The van der Waals surface area contributed by atoms with Crippen molar-refractivity contribution in [1.82, 2.24) is 15.5 Å². The fourth-order valence-electron chi connectivity index (χ4n) is 3.82. The van der Waals surface area contributed by atoms with E-state index < -0.39 is 5.54 Å². The molecule has 1 spiro atoms. The molecule has 0 aromatic carbocycles. The number of hydrogen-bond donors (Lipinski definition) is 2. The van der Waals surface area contributed by atoms with Gasteiger partial charge in [0.15, 0.2) is 0 Å². The van der Waals surface area contributed by atoms with Gasteiger partial charge in [-0.25, -0.2) is 4.79 Å². The van der Waals surface area contributed by atoms with Gasteiger partial charge in [0.1, 0.15) is 11.3 Å². The highest BCUT2D eigenvalue weighted by Gasteiger charge is 2.51. The lowest BCUT2D eigenvalue weighted by molar-refractivity contribution is -0.132. The predicted octanol–water partition coefficient (Wildman–Crippen LogP) is 2.36. The van der Waals surface area contributed by atoms with Crippen LogP contribution in [0.15, 0.2) is 22.8 Å². The van der Waals surface area contributed by atoms with Crippen molar-refractivity contribution in [2.75, 3.05) is 6.54 Å². The number of imide groups is 1. The average Bonchev–Trinajstić information content (AvgIpc) is 3.20. The molecular weight excluding hydrogens is 334 g/mol. The normalized spacial score (nSPS) is 20.3. The summed E-state index contributed by atoms with van der Waals surface area (Å²) in [6, 6.07) is 3.39. The second-order valence-corrected chi connectivity index (χ2v) is 7.37. The molecule has 1 aromatic heterocycles. The van der Waals surface area contributed by atoms with Crippen molar-refractivity contribution in [1.29, 1.82) is 0 Å². The average molecular weight is 361 g/mol. The van der Waals surface area contributed by atoms with Crippen molar-refractivity contribution >= 4 is 17.8 Å². The minimum absolute atomic E-state index is 0.000364. The van der Waals surface area contributed by atoms with Gasteiger partial charge in [-0.3, -0.25) is 14.5 Å².